The first-order valence-corrected chi connectivity index (χ1v) is 7.43. The lowest BCUT2D eigenvalue weighted by Crippen LogP contribution is -2.17. The molecule has 1 aromatic carbocycles. The Morgan fingerprint density at radius 2 is 1.96 bits per heavy atom. The number of halogens is 2. The number of carbonyl (C=O) groups is 1. The molecule has 2 aromatic rings. The van der Waals surface area contributed by atoms with Crippen LogP contribution in [-0.4, -0.2) is 48.0 Å². The summed E-state index contributed by atoms with van der Waals surface area (Å²) in [6.07, 6.45) is 2.20. The van der Waals surface area contributed by atoms with Crippen LogP contribution in [0.25, 0.3) is 0 Å². The summed E-state index contributed by atoms with van der Waals surface area (Å²) in [6.45, 7) is 1.64. The zero-order valence-electron chi connectivity index (χ0n) is 13.5. The van der Waals surface area contributed by atoms with Crippen molar-refractivity contribution in [2.24, 2.45) is 0 Å². The molecular formula is C16H19F2N5O. The van der Waals surface area contributed by atoms with Crippen LogP contribution in [0.15, 0.2) is 30.6 Å². The molecule has 1 heterocycles. The number of nitrogens with zero attached hydrogens (tertiary/aromatic N) is 3. The molecule has 128 valence electrons. The average molecular weight is 335 g/mol. The zero-order chi connectivity index (χ0) is 17.5. The summed E-state index contributed by atoms with van der Waals surface area (Å²) in [5.41, 5.74) is 0.280. The number of rotatable bonds is 7. The van der Waals surface area contributed by atoms with Crippen LogP contribution in [0, 0.1) is 11.6 Å². The second-order valence-electron chi connectivity index (χ2n) is 5.46. The predicted molar refractivity (Wildman–Crippen MR) is 88.0 cm³/mol. The summed E-state index contributed by atoms with van der Waals surface area (Å²) >= 11 is 0. The molecule has 0 saturated carbocycles. The fraction of sp³-hybridized carbons (Fsp3) is 0.312. The topological polar surface area (TPSA) is 70.2 Å². The van der Waals surface area contributed by atoms with Gasteiger partial charge in [-0.3, -0.25) is 4.79 Å². The van der Waals surface area contributed by atoms with E-state index in [4.69, 9.17) is 0 Å². The van der Waals surface area contributed by atoms with E-state index in [1.165, 1.54) is 18.5 Å². The van der Waals surface area contributed by atoms with Gasteiger partial charge in [0.2, 0.25) is 0 Å². The van der Waals surface area contributed by atoms with Crippen molar-refractivity contribution in [3.63, 3.8) is 0 Å². The lowest BCUT2D eigenvalue weighted by molar-refractivity contribution is 0.102. The Balaban J connectivity index is 1.96. The lowest BCUT2D eigenvalue weighted by Gasteiger charge is -2.10. The first kappa shape index (κ1) is 17.7. The molecule has 0 unspecified atom stereocenters. The minimum absolute atomic E-state index is 0.129. The van der Waals surface area contributed by atoms with Crippen molar-refractivity contribution < 1.29 is 13.6 Å². The summed E-state index contributed by atoms with van der Waals surface area (Å²) in [4.78, 5) is 22.1. The molecule has 0 spiro atoms. The minimum Gasteiger partial charge on any atom is -0.370 e. The SMILES string of the molecule is CN(C)CCCNc1cc(C(=O)Nc2ccc(F)c(F)c2)ncn1. The van der Waals surface area contributed by atoms with E-state index in [9.17, 15) is 13.6 Å². The normalized spacial score (nSPS) is 10.7. The van der Waals surface area contributed by atoms with E-state index in [0.717, 1.165) is 25.1 Å². The molecule has 0 bridgehead atoms. The first-order chi connectivity index (χ1) is 11.5. The molecule has 1 aromatic heterocycles. The van der Waals surface area contributed by atoms with Crippen LogP contribution in [0.5, 0.6) is 0 Å². The molecule has 6 nitrogen and oxygen atoms in total. The van der Waals surface area contributed by atoms with Crippen molar-refractivity contribution in [1.82, 2.24) is 14.9 Å². The Kier molecular flexibility index (Phi) is 6.14. The van der Waals surface area contributed by atoms with Gasteiger partial charge in [0.25, 0.3) is 5.91 Å². The number of carbonyl (C=O) groups excluding carboxylic acids is 1. The Bertz CT molecular complexity index is 709. The van der Waals surface area contributed by atoms with Crippen molar-refractivity contribution in [3.05, 3.63) is 47.9 Å². The third-order valence-electron chi connectivity index (χ3n) is 3.17. The predicted octanol–water partition coefficient (Wildman–Crippen LogP) is 2.37. The number of amides is 1. The highest BCUT2D eigenvalue weighted by Crippen LogP contribution is 2.14. The third kappa shape index (κ3) is 5.24. The van der Waals surface area contributed by atoms with Crippen LogP contribution < -0.4 is 10.6 Å². The lowest BCUT2D eigenvalue weighted by atomic mass is 10.3. The van der Waals surface area contributed by atoms with Crippen molar-refractivity contribution in [3.8, 4) is 0 Å². The van der Waals surface area contributed by atoms with Gasteiger partial charge in [-0.05, 0) is 39.2 Å². The van der Waals surface area contributed by atoms with Crippen molar-refractivity contribution >= 4 is 17.4 Å². The van der Waals surface area contributed by atoms with E-state index in [-0.39, 0.29) is 11.4 Å². The van der Waals surface area contributed by atoms with Crippen molar-refractivity contribution in [2.45, 2.75) is 6.42 Å². The molecular weight excluding hydrogens is 316 g/mol. The van der Waals surface area contributed by atoms with Crippen LogP contribution in [-0.2, 0) is 0 Å². The minimum atomic E-state index is -1.03. The highest BCUT2D eigenvalue weighted by Gasteiger charge is 2.11. The Morgan fingerprint density at radius 1 is 1.17 bits per heavy atom. The van der Waals surface area contributed by atoms with E-state index < -0.39 is 17.5 Å². The second-order valence-corrected chi connectivity index (χ2v) is 5.46. The van der Waals surface area contributed by atoms with E-state index in [0.29, 0.717) is 12.4 Å². The number of hydrogen-bond acceptors (Lipinski definition) is 5. The molecule has 2 rings (SSSR count). The van der Waals surface area contributed by atoms with Gasteiger partial charge in [0.1, 0.15) is 17.8 Å². The standard InChI is InChI=1S/C16H19F2N5O/c1-23(2)7-3-6-19-15-9-14(20-10-21-15)16(24)22-11-4-5-12(17)13(18)8-11/h4-5,8-10H,3,6-7H2,1-2H3,(H,22,24)(H,19,20,21). The summed E-state index contributed by atoms with van der Waals surface area (Å²) in [5, 5.41) is 5.57. The summed E-state index contributed by atoms with van der Waals surface area (Å²) in [5.74, 6) is -2.00. The summed E-state index contributed by atoms with van der Waals surface area (Å²) in [6, 6.07) is 4.64. The van der Waals surface area contributed by atoms with Gasteiger partial charge in [0.15, 0.2) is 11.6 Å². The number of benzene rings is 1. The van der Waals surface area contributed by atoms with Crippen LogP contribution in [0.3, 0.4) is 0 Å². The summed E-state index contributed by atoms with van der Waals surface area (Å²) < 4.78 is 26.1. The maximum atomic E-state index is 13.2. The first-order valence-electron chi connectivity index (χ1n) is 7.43. The second kappa shape index (κ2) is 8.30. The van der Waals surface area contributed by atoms with E-state index in [1.54, 1.807) is 0 Å². The van der Waals surface area contributed by atoms with Crippen molar-refractivity contribution in [2.75, 3.05) is 37.8 Å². The van der Waals surface area contributed by atoms with Crippen LogP contribution in [0.2, 0.25) is 0 Å². The van der Waals surface area contributed by atoms with Gasteiger partial charge in [-0.15, -0.1) is 0 Å². The maximum Gasteiger partial charge on any atom is 0.274 e. The molecule has 24 heavy (non-hydrogen) atoms. The fourth-order valence-electron chi connectivity index (χ4n) is 1.96. The van der Waals surface area contributed by atoms with Gasteiger partial charge in [-0.25, -0.2) is 18.7 Å². The smallest absolute Gasteiger partial charge is 0.274 e. The Morgan fingerprint density at radius 3 is 2.67 bits per heavy atom. The fourth-order valence-corrected chi connectivity index (χ4v) is 1.96. The number of nitrogens with one attached hydrogen (secondary N) is 2. The van der Waals surface area contributed by atoms with E-state index in [1.807, 2.05) is 14.1 Å². The number of anilines is 2. The molecule has 8 heteroatoms. The van der Waals surface area contributed by atoms with Gasteiger partial charge in [0.05, 0.1) is 0 Å². The van der Waals surface area contributed by atoms with E-state index >= 15 is 0 Å². The van der Waals surface area contributed by atoms with Crippen molar-refractivity contribution in [1.29, 1.82) is 0 Å². The van der Waals surface area contributed by atoms with Crippen LogP contribution in [0.4, 0.5) is 20.3 Å². The molecule has 1 amide bonds. The molecule has 0 atom stereocenters. The molecule has 2 N–H and O–H groups in total. The molecule has 0 aliphatic carbocycles. The zero-order valence-corrected chi connectivity index (χ0v) is 13.5. The molecule has 0 fully saturated rings. The van der Waals surface area contributed by atoms with Crippen LogP contribution in [0.1, 0.15) is 16.9 Å². The van der Waals surface area contributed by atoms with Gasteiger partial charge in [0, 0.05) is 24.4 Å². The average Bonchev–Trinajstić information content (AvgIpc) is 2.55. The highest BCUT2D eigenvalue weighted by molar-refractivity contribution is 6.03. The highest BCUT2D eigenvalue weighted by atomic mass is 19.2. The molecule has 0 saturated heterocycles. The molecule has 0 aliphatic heterocycles. The monoisotopic (exact) mass is 335 g/mol. The largest absolute Gasteiger partial charge is 0.370 e. The maximum absolute atomic E-state index is 13.2. The Labute approximate surface area is 138 Å². The number of hydrogen-bond donors (Lipinski definition) is 2. The number of aromatic nitrogens is 2. The van der Waals surface area contributed by atoms with Gasteiger partial charge in [-0.2, -0.15) is 0 Å². The molecule has 0 aliphatic rings. The Hall–Kier alpha value is -2.61. The van der Waals surface area contributed by atoms with Gasteiger partial charge >= 0.3 is 0 Å². The van der Waals surface area contributed by atoms with E-state index in [2.05, 4.69) is 25.5 Å². The molecule has 0 radical (unpaired) electrons. The summed E-state index contributed by atoms with van der Waals surface area (Å²) in [7, 11) is 3.98. The van der Waals surface area contributed by atoms with Gasteiger partial charge < -0.3 is 15.5 Å². The quantitative estimate of drug-likeness (QED) is 0.760. The van der Waals surface area contributed by atoms with Gasteiger partial charge in [-0.1, -0.05) is 0 Å². The third-order valence-corrected chi connectivity index (χ3v) is 3.17. The van der Waals surface area contributed by atoms with Crippen LogP contribution >= 0.6 is 0 Å².